The number of amides is 1. The third-order valence-electron chi connectivity index (χ3n) is 4.01. The number of rotatable bonds is 7. The number of aliphatic carboxylic acids is 1. The van der Waals surface area contributed by atoms with Crippen molar-refractivity contribution in [1.29, 1.82) is 0 Å². The van der Waals surface area contributed by atoms with E-state index in [2.05, 4.69) is 5.32 Å². The number of hydrogen-bond acceptors (Lipinski definition) is 5. The Balaban J connectivity index is 1.61. The van der Waals surface area contributed by atoms with Gasteiger partial charge < -0.3 is 24.8 Å². The molecule has 0 aromatic heterocycles. The van der Waals surface area contributed by atoms with Crippen molar-refractivity contribution in [1.82, 2.24) is 10.2 Å². The van der Waals surface area contributed by atoms with Gasteiger partial charge in [-0.1, -0.05) is 0 Å². The summed E-state index contributed by atoms with van der Waals surface area (Å²) in [5.74, 6) is -0.828. The molecule has 0 aromatic rings. The van der Waals surface area contributed by atoms with E-state index in [1.165, 1.54) is 0 Å². The topological polar surface area (TPSA) is 88.1 Å². The lowest BCUT2D eigenvalue weighted by molar-refractivity contribution is -0.148. The Bertz CT molecular complexity index is 376. The SMILES string of the molecule is CC1(OCC(=O)N2CCC(OCCC(=O)O)CC2)CNC1. The van der Waals surface area contributed by atoms with E-state index in [0.717, 1.165) is 25.9 Å². The number of nitrogens with zero attached hydrogens (tertiary/aromatic N) is 1. The number of carbonyl (C=O) groups excluding carboxylic acids is 1. The summed E-state index contributed by atoms with van der Waals surface area (Å²) in [5.41, 5.74) is -0.200. The largest absolute Gasteiger partial charge is 0.481 e. The van der Waals surface area contributed by atoms with E-state index in [-0.39, 0.29) is 37.2 Å². The Labute approximate surface area is 124 Å². The van der Waals surface area contributed by atoms with Crippen LogP contribution < -0.4 is 5.32 Å². The number of ether oxygens (including phenoxy) is 2. The summed E-state index contributed by atoms with van der Waals surface area (Å²) in [6.07, 6.45) is 1.59. The highest BCUT2D eigenvalue weighted by Gasteiger charge is 2.34. The molecule has 21 heavy (non-hydrogen) atoms. The van der Waals surface area contributed by atoms with Crippen molar-refractivity contribution in [3.8, 4) is 0 Å². The van der Waals surface area contributed by atoms with Gasteiger partial charge in [-0.15, -0.1) is 0 Å². The second-order valence-corrected chi connectivity index (χ2v) is 5.94. The van der Waals surface area contributed by atoms with Crippen molar-refractivity contribution in [2.45, 2.75) is 37.9 Å². The van der Waals surface area contributed by atoms with E-state index in [1.54, 1.807) is 4.90 Å². The number of carboxylic acid groups (broad SMARTS) is 1. The van der Waals surface area contributed by atoms with Gasteiger partial charge in [0.25, 0.3) is 0 Å². The average Bonchev–Trinajstić information content (AvgIpc) is 2.43. The summed E-state index contributed by atoms with van der Waals surface area (Å²) < 4.78 is 11.2. The van der Waals surface area contributed by atoms with Crippen LogP contribution in [-0.4, -0.2) is 73.0 Å². The molecule has 2 heterocycles. The molecule has 2 saturated heterocycles. The van der Waals surface area contributed by atoms with Gasteiger partial charge >= 0.3 is 5.97 Å². The Kier molecular flexibility index (Phi) is 5.55. The van der Waals surface area contributed by atoms with Gasteiger partial charge in [0.2, 0.25) is 5.91 Å². The van der Waals surface area contributed by atoms with Crippen LogP contribution in [-0.2, 0) is 19.1 Å². The summed E-state index contributed by atoms with van der Waals surface area (Å²) in [6, 6.07) is 0. The van der Waals surface area contributed by atoms with E-state index in [4.69, 9.17) is 14.6 Å². The molecule has 1 amide bonds. The lowest BCUT2D eigenvalue weighted by atomic mass is 10.0. The highest BCUT2D eigenvalue weighted by atomic mass is 16.5. The van der Waals surface area contributed by atoms with E-state index < -0.39 is 5.97 Å². The molecule has 2 N–H and O–H groups in total. The molecule has 2 fully saturated rings. The van der Waals surface area contributed by atoms with Crippen molar-refractivity contribution in [3.63, 3.8) is 0 Å². The molecule has 0 radical (unpaired) electrons. The molecule has 2 aliphatic rings. The minimum Gasteiger partial charge on any atom is -0.481 e. The van der Waals surface area contributed by atoms with Gasteiger partial charge in [-0.3, -0.25) is 9.59 Å². The average molecular weight is 300 g/mol. The molecule has 7 heteroatoms. The first-order chi connectivity index (χ1) is 9.98. The first-order valence-electron chi connectivity index (χ1n) is 7.44. The predicted octanol–water partition coefficient (Wildman–Crippen LogP) is -0.153. The maximum absolute atomic E-state index is 12.1. The lowest BCUT2D eigenvalue weighted by Gasteiger charge is -2.39. The second kappa shape index (κ2) is 7.20. The Morgan fingerprint density at radius 2 is 2.00 bits per heavy atom. The molecule has 0 aromatic carbocycles. The third-order valence-corrected chi connectivity index (χ3v) is 4.01. The highest BCUT2D eigenvalue weighted by Crippen LogP contribution is 2.17. The van der Waals surface area contributed by atoms with Crippen LogP contribution in [0.2, 0.25) is 0 Å². The van der Waals surface area contributed by atoms with Gasteiger partial charge in [0.15, 0.2) is 0 Å². The Morgan fingerprint density at radius 3 is 2.52 bits per heavy atom. The number of piperidine rings is 1. The summed E-state index contributed by atoms with van der Waals surface area (Å²) in [5, 5.41) is 11.7. The summed E-state index contributed by atoms with van der Waals surface area (Å²) in [7, 11) is 0. The number of carbonyl (C=O) groups is 2. The summed E-state index contributed by atoms with van der Waals surface area (Å²) in [6.45, 7) is 5.24. The van der Waals surface area contributed by atoms with Crippen LogP contribution in [0, 0.1) is 0 Å². The van der Waals surface area contributed by atoms with E-state index in [9.17, 15) is 9.59 Å². The normalized spacial score (nSPS) is 21.9. The molecular weight excluding hydrogens is 276 g/mol. The fourth-order valence-corrected chi connectivity index (χ4v) is 2.49. The van der Waals surface area contributed by atoms with E-state index >= 15 is 0 Å². The Hall–Kier alpha value is -1.18. The molecule has 0 saturated carbocycles. The molecule has 2 rings (SSSR count). The zero-order chi connectivity index (χ0) is 15.3. The van der Waals surface area contributed by atoms with Gasteiger partial charge in [0.1, 0.15) is 6.61 Å². The maximum atomic E-state index is 12.1. The molecule has 0 atom stereocenters. The van der Waals surface area contributed by atoms with Crippen molar-refractivity contribution >= 4 is 11.9 Å². The van der Waals surface area contributed by atoms with E-state index in [0.29, 0.717) is 13.1 Å². The van der Waals surface area contributed by atoms with Crippen molar-refractivity contribution < 1.29 is 24.2 Å². The maximum Gasteiger partial charge on any atom is 0.305 e. The third kappa shape index (κ3) is 4.94. The quantitative estimate of drug-likeness (QED) is 0.680. The number of likely N-dealkylation sites (tertiary alicyclic amines) is 1. The van der Waals surface area contributed by atoms with Crippen LogP contribution in [0.1, 0.15) is 26.2 Å². The molecule has 0 aliphatic carbocycles. The van der Waals surface area contributed by atoms with Crippen LogP contribution in [0.25, 0.3) is 0 Å². The van der Waals surface area contributed by atoms with Gasteiger partial charge in [-0.05, 0) is 19.8 Å². The van der Waals surface area contributed by atoms with Gasteiger partial charge in [0, 0.05) is 26.2 Å². The minimum absolute atomic E-state index is 0.0205. The van der Waals surface area contributed by atoms with Gasteiger partial charge in [0.05, 0.1) is 24.7 Å². The smallest absolute Gasteiger partial charge is 0.305 e. The zero-order valence-corrected chi connectivity index (χ0v) is 12.5. The van der Waals surface area contributed by atoms with Crippen LogP contribution in [0.15, 0.2) is 0 Å². The van der Waals surface area contributed by atoms with Crippen molar-refractivity contribution in [2.24, 2.45) is 0 Å². The molecule has 0 bridgehead atoms. The van der Waals surface area contributed by atoms with Gasteiger partial charge in [-0.2, -0.15) is 0 Å². The van der Waals surface area contributed by atoms with Crippen molar-refractivity contribution in [2.75, 3.05) is 39.4 Å². The van der Waals surface area contributed by atoms with E-state index in [1.807, 2.05) is 6.92 Å². The standard InChI is InChI=1S/C14H24N2O5/c1-14(9-15-10-14)21-8-12(17)16-5-2-11(3-6-16)20-7-4-13(18)19/h11,15H,2-10H2,1H3,(H,18,19). The molecule has 7 nitrogen and oxygen atoms in total. The number of hydrogen-bond donors (Lipinski definition) is 2. The monoisotopic (exact) mass is 300 g/mol. The fraction of sp³-hybridized carbons (Fsp3) is 0.857. The molecule has 2 aliphatic heterocycles. The highest BCUT2D eigenvalue weighted by molar-refractivity contribution is 5.77. The van der Waals surface area contributed by atoms with Crippen molar-refractivity contribution in [3.05, 3.63) is 0 Å². The molecule has 0 spiro atoms. The predicted molar refractivity (Wildman–Crippen MR) is 75.0 cm³/mol. The van der Waals surface area contributed by atoms with Crippen LogP contribution in [0.4, 0.5) is 0 Å². The second-order valence-electron chi connectivity index (χ2n) is 5.94. The van der Waals surface area contributed by atoms with Crippen LogP contribution in [0.5, 0.6) is 0 Å². The first-order valence-corrected chi connectivity index (χ1v) is 7.44. The lowest BCUT2D eigenvalue weighted by Crippen LogP contribution is -2.60. The minimum atomic E-state index is -0.848. The molecular formula is C14H24N2O5. The van der Waals surface area contributed by atoms with Crippen LogP contribution >= 0.6 is 0 Å². The van der Waals surface area contributed by atoms with Crippen LogP contribution in [0.3, 0.4) is 0 Å². The molecule has 0 unspecified atom stereocenters. The number of nitrogens with one attached hydrogen (secondary N) is 1. The van der Waals surface area contributed by atoms with Gasteiger partial charge in [-0.25, -0.2) is 0 Å². The first kappa shape index (κ1) is 16.2. The fourth-order valence-electron chi connectivity index (χ4n) is 2.49. The summed E-state index contributed by atoms with van der Waals surface area (Å²) in [4.78, 5) is 24.3. The molecule has 120 valence electrons. The zero-order valence-electron chi connectivity index (χ0n) is 12.5. The Morgan fingerprint density at radius 1 is 1.33 bits per heavy atom. The number of carboxylic acids is 1. The summed E-state index contributed by atoms with van der Waals surface area (Å²) >= 11 is 0.